The third kappa shape index (κ3) is 72.8. The average Bonchev–Trinajstić information content (AvgIpc) is 3.60. The molecule has 9 nitrogen and oxygen atoms in total. The third-order valence-corrected chi connectivity index (χ3v) is 18.0. The molecule has 0 aliphatic carbocycles. The fourth-order valence-electron chi connectivity index (χ4n) is 11.2. The van der Waals surface area contributed by atoms with Crippen LogP contribution in [-0.4, -0.2) is 74.9 Å². The smallest absolute Gasteiger partial charge is 0.462 e. The highest BCUT2D eigenvalue weighted by Crippen LogP contribution is 2.43. The maximum Gasteiger partial charge on any atom is 0.472 e. The summed E-state index contributed by atoms with van der Waals surface area (Å²) >= 11 is 0. The van der Waals surface area contributed by atoms with Crippen LogP contribution in [0.5, 0.6) is 0 Å². The second kappa shape index (κ2) is 69.1. The van der Waals surface area contributed by atoms with E-state index in [1.54, 1.807) is 0 Å². The molecule has 88 heavy (non-hydrogen) atoms. The van der Waals surface area contributed by atoms with Crippen LogP contribution in [0.25, 0.3) is 0 Å². The first-order chi connectivity index (χ1) is 43.0. The highest BCUT2D eigenvalue weighted by Gasteiger charge is 2.27. The maximum atomic E-state index is 12.9. The molecule has 0 saturated heterocycles. The van der Waals surface area contributed by atoms with E-state index in [0.29, 0.717) is 23.9 Å². The van der Waals surface area contributed by atoms with Crippen molar-refractivity contribution in [2.45, 2.75) is 380 Å². The number of rotatable bonds is 71. The molecule has 0 aliphatic rings. The number of likely N-dealkylation sites (N-methyl/N-ethyl adjacent to an activating group) is 1. The van der Waals surface area contributed by atoms with Gasteiger partial charge in [-0.15, -0.1) is 0 Å². The summed E-state index contributed by atoms with van der Waals surface area (Å²) in [6.45, 7) is 4.38. The molecule has 2 atom stereocenters. The largest absolute Gasteiger partial charge is 0.472 e. The summed E-state index contributed by atoms with van der Waals surface area (Å²) in [5, 5.41) is 0. The number of unbranched alkanes of at least 4 members (excludes halogenated alkanes) is 47. The van der Waals surface area contributed by atoms with E-state index >= 15 is 0 Å². The van der Waals surface area contributed by atoms with Crippen LogP contribution in [0.1, 0.15) is 373 Å². The number of carbonyl (C=O) groups excluding carboxylic acids is 2. The lowest BCUT2D eigenvalue weighted by molar-refractivity contribution is -0.870. The quantitative estimate of drug-likeness (QED) is 0.0211. The van der Waals surface area contributed by atoms with Crippen molar-refractivity contribution in [3.8, 4) is 0 Å². The molecule has 0 aromatic heterocycles. The van der Waals surface area contributed by atoms with E-state index in [0.717, 1.165) is 57.8 Å². The molecule has 0 fully saturated rings. The van der Waals surface area contributed by atoms with Gasteiger partial charge in [0.2, 0.25) is 0 Å². The molecule has 0 radical (unpaired) electrons. The number of nitrogens with zero attached hydrogens (tertiary/aromatic N) is 1. The van der Waals surface area contributed by atoms with E-state index in [4.69, 9.17) is 18.5 Å². The Hall–Kier alpha value is -2.29. The fraction of sp³-hybridized carbons (Fsp3) is 0.846. The monoisotopic (exact) mass is 1260 g/mol. The third-order valence-electron chi connectivity index (χ3n) is 17.0. The van der Waals surface area contributed by atoms with Gasteiger partial charge in [0, 0.05) is 12.8 Å². The molecule has 516 valence electrons. The van der Waals surface area contributed by atoms with Crippen LogP contribution in [-0.2, 0) is 32.7 Å². The lowest BCUT2D eigenvalue weighted by atomic mass is 10.0. The Bertz CT molecular complexity index is 1670. The van der Waals surface area contributed by atoms with E-state index in [1.807, 2.05) is 21.1 Å². The summed E-state index contributed by atoms with van der Waals surface area (Å²) in [5.41, 5.74) is 0. The number of hydrogen-bond acceptors (Lipinski definition) is 7. The van der Waals surface area contributed by atoms with Gasteiger partial charge in [0.15, 0.2) is 6.10 Å². The Labute approximate surface area is 546 Å². The number of quaternary nitrogens is 1. The zero-order valence-electron chi connectivity index (χ0n) is 59.0. The van der Waals surface area contributed by atoms with Crippen LogP contribution in [0.4, 0.5) is 0 Å². The number of phosphoric acid groups is 1. The number of hydrogen-bond donors (Lipinski definition) is 1. The second-order valence-electron chi connectivity index (χ2n) is 27.0. The number of ether oxygens (including phenoxy) is 2. The van der Waals surface area contributed by atoms with Crippen LogP contribution in [0.2, 0.25) is 0 Å². The number of allylic oxidation sites excluding steroid dienone is 10. The molecule has 0 rings (SSSR count). The minimum absolute atomic E-state index is 0.0325. The van der Waals surface area contributed by atoms with Gasteiger partial charge in [-0.05, 0) is 77.0 Å². The molecule has 0 spiro atoms. The molecule has 0 amide bonds. The molecule has 2 unspecified atom stereocenters. The van der Waals surface area contributed by atoms with Gasteiger partial charge in [-0.2, -0.15) is 0 Å². The predicted octanol–water partition coefficient (Wildman–Crippen LogP) is 24.9. The first kappa shape index (κ1) is 85.7. The number of esters is 2. The van der Waals surface area contributed by atoms with Crippen molar-refractivity contribution in [3.05, 3.63) is 60.8 Å². The SMILES string of the molecule is CC/C=C\C/C=C\C/C=C\C/C=C\CCCCCCCCCCCCCCCCC(=O)OC(COC(=O)CCCCCCCCCCCCCCCCCCCCCCCCCCC/C=C\CCCCCCCCCC)COP(=O)(O)OCC[N+](C)(C)C. The summed E-state index contributed by atoms with van der Waals surface area (Å²) in [5.74, 6) is -0.780. The van der Waals surface area contributed by atoms with Gasteiger partial charge in [0.1, 0.15) is 19.8 Å². The molecule has 0 aromatic carbocycles. The van der Waals surface area contributed by atoms with Crippen LogP contribution < -0.4 is 0 Å². The standard InChI is InChI=1S/C78H146NO8P/c1-6-8-10-12-14-16-18-20-22-24-26-28-30-32-34-35-36-37-38-39-40-41-42-43-45-46-48-50-52-54-56-58-60-62-64-66-68-70-77(80)84-74-76(75-86-88(82,83)85-73-72-79(3,4)5)87-78(81)71-69-67-65-63-61-59-57-55-53-51-49-47-44-33-31-29-27-25-23-21-19-17-15-13-11-9-7-2/h9,11,15,17,21,23-24,26-27,29,76H,6-8,10,12-14,16,18-20,22,25,28,30-75H2,1-5H3/p+1/b11-9-,17-15-,23-21-,26-24-,29-27-. The summed E-state index contributed by atoms with van der Waals surface area (Å²) < 4.78 is 34.8. The Morgan fingerprint density at radius 2 is 0.648 bits per heavy atom. The van der Waals surface area contributed by atoms with Gasteiger partial charge < -0.3 is 18.9 Å². The van der Waals surface area contributed by atoms with E-state index in [2.05, 4.69) is 74.6 Å². The Balaban J connectivity index is 3.93. The van der Waals surface area contributed by atoms with Crippen molar-refractivity contribution in [1.29, 1.82) is 0 Å². The van der Waals surface area contributed by atoms with Gasteiger partial charge in [-0.1, -0.05) is 344 Å². The van der Waals surface area contributed by atoms with Crippen molar-refractivity contribution < 1.29 is 42.1 Å². The number of carbonyl (C=O) groups is 2. The highest BCUT2D eigenvalue weighted by molar-refractivity contribution is 7.47. The first-order valence-electron chi connectivity index (χ1n) is 38.0. The van der Waals surface area contributed by atoms with Crippen molar-refractivity contribution in [1.82, 2.24) is 0 Å². The van der Waals surface area contributed by atoms with Crippen LogP contribution >= 0.6 is 7.82 Å². The predicted molar refractivity (Wildman–Crippen MR) is 381 cm³/mol. The highest BCUT2D eigenvalue weighted by atomic mass is 31.2. The molecular formula is C78H147NO8P+. The van der Waals surface area contributed by atoms with Crippen molar-refractivity contribution >= 4 is 19.8 Å². The van der Waals surface area contributed by atoms with Crippen LogP contribution in [0.3, 0.4) is 0 Å². The Kier molecular flexibility index (Phi) is 67.3. The minimum atomic E-state index is -4.39. The molecule has 0 aliphatic heterocycles. The van der Waals surface area contributed by atoms with Crippen molar-refractivity contribution in [3.63, 3.8) is 0 Å². The Morgan fingerprint density at radius 1 is 0.364 bits per heavy atom. The van der Waals surface area contributed by atoms with Crippen LogP contribution in [0, 0.1) is 0 Å². The summed E-state index contributed by atoms with van der Waals surface area (Å²) in [6.07, 6.45) is 92.2. The van der Waals surface area contributed by atoms with Crippen molar-refractivity contribution in [2.24, 2.45) is 0 Å². The van der Waals surface area contributed by atoms with E-state index in [9.17, 15) is 19.0 Å². The first-order valence-corrected chi connectivity index (χ1v) is 39.5. The summed E-state index contributed by atoms with van der Waals surface area (Å²) in [6, 6.07) is 0. The van der Waals surface area contributed by atoms with E-state index < -0.39 is 26.5 Å². The zero-order chi connectivity index (χ0) is 64.1. The fourth-order valence-corrected chi connectivity index (χ4v) is 12.0. The maximum absolute atomic E-state index is 12.9. The molecule has 10 heteroatoms. The van der Waals surface area contributed by atoms with Crippen molar-refractivity contribution in [2.75, 3.05) is 47.5 Å². The van der Waals surface area contributed by atoms with Gasteiger partial charge >= 0.3 is 19.8 Å². The number of phosphoric ester groups is 1. The van der Waals surface area contributed by atoms with Gasteiger partial charge in [-0.3, -0.25) is 18.6 Å². The molecule has 0 heterocycles. The zero-order valence-corrected chi connectivity index (χ0v) is 59.9. The molecule has 0 saturated carbocycles. The van der Waals surface area contributed by atoms with Gasteiger partial charge in [0.05, 0.1) is 27.7 Å². The molecular weight excluding hydrogens is 1110 g/mol. The van der Waals surface area contributed by atoms with E-state index in [1.165, 1.54) is 283 Å². The van der Waals surface area contributed by atoms with Gasteiger partial charge in [0.25, 0.3) is 0 Å². The minimum Gasteiger partial charge on any atom is -0.462 e. The van der Waals surface area contributed by atoms with Gasteiger partial charge in [-0.25, -0.2) is 4.57 Å². The lowest BCUT2D eigenvalue weighted by Gasteiger charge is -2.24. The molecule has 0 aromatic rings. The van der Waals surface area contributed by atoms with E-state index in [-0.39, 0.29) is 25.6 Å². The average molecular weight is 1260 g/mol. The normalized spacial score (nSPS) is 13.4. The topological polar surface area (TPSA) is 108 Å². The molecule has 0 bridgehead atoms. The lowest BCUT2D eigenvalue weighted by Crippen LogP contribution is -2.37. The Morgan fingerprint density at radius 3 is 0.977 bits per heavy atom. The summed E-state index contributed by atoms with van der Waals surface area (Å²) in [4.78, 5) is 35.9. The molecule has 1 N–H and O–H groups in total. The summed E-state index contributed by atoms with van der Waals surface area (Å²) in [7, 11) is 1.49. The van der Waals surface area contributed by atoms with Crippen LogP contribution in [0.15, 0.2) is 60.8 Å². The second-order valence-corrected chi connectivity index (χ2v) is 28.5.